The first-order valence-corrected chi connectivity index (χ1v) is 6.57. The smallest absolute Gasteiger partial charge is 0.416 e. The summed E-state index contributed by atoms with van der Waals surface area (Å²) in [6.45, 7) is 0. The molecule has 114 valence electrons. The number of ether oxygens (including phenoxy) is 1. The molecule has 22 heavy (non-hydrogen) atoms. The molecule has 1 aliphatic heterocycles. The number of halogens is 3. The number of methoxy groups -OCH3 is 1. The third kappa shape index (κ3) is 2.41. The van der Waals surface area contributed by atoms with Gasteiger partial charge in [0.2, 0.25) is 5.91 Å². The summed E-state index contributed by atoms with van der Waals surface area (Å²) < 4.78 is 43.6. The van der Waals surface area contributed by atoms with Crippen molar-refractivity contribution in [2.24, 2.45) is 0 Å². The highest BCUT2D eigenvalue weighted by molar-refractivity contribution is 6.07. The number of anilines is 2. The Balaban J connectivity index is 2.05. The van der Waals surface area contributed by atoms with Gasteiger partial charge in [0.15, 0.2) is 0 Å². The lowest BCUT2D eigenvalue weighted by atomic mass is 10.1. The van der Waals surface area contributed by atoms with E-state index in [-0.39, 0.29) is 18.0 Å². The van der Waals surface area contributed by atoms with Gasteiger partial charge in [0, 0.05) is 5.69 Å². The van der Waals surface area contributed by atoms with Gasteiger partial charge in [0.05, 0.1) is 24.8 Å². The average molecular weight is 307 g/mol. The topological polar surface area (TPSA) is 29.5 Å². The molecule has 0 unspecified atom stereocenters. The second-order valence-corrected chi connectivity index (χ2v) is 4.95. The van der Waals surface area contributed by atoms with E-state index in [1.807, 2.05) is 0 Å². The Bertz CT molecular complexity index is 723. The fraction of sp³-hybridized carbons (Fsp3) is 0.188. The fourth-order valence-corrected chi connectivity index (χ4v) is 2.49. The summed E-state index contributed by atoms with van der Waals surface area (Å²) in [6.07, 6.45) is -4.34. The van der Waals surface area contributed by atoms with Crippen LogP contribution >= 0.6 is 0 Å². The zero-order valence-electron chi connectivity index (χ0n) is 11.6. The summed E-state index contributed by atoms with van der Waals surface area (Å²) in [5.41, 5.74) is 0.627. The van der Waals surface area contributed by atoms with Gasteiger partial charge in [-0.05, 0) is 42.0 Å². The van der Waals surface area contributed by atoms with Crippen LogP contribution in [-0.2, 0) is 17.4 Å². The Morgan fingerprint density at radius 1 is 1.09 bits per heavy atom. The number of amides is 1. The number of rotatable bonds is 2. The number of benzene rings is 2. The Morgan fingerprint density at radius 2 is 1.77 bits per heavy atom. The lowest BCUT2D eigenvalue weighted by Crippen LogP contribution is -2.21. The summed E-state index contributed by atoms with van der Waals surface area (Å²) >= 11 is 0. The van der Waals surface area contributed by atoms with Crippen LogP contribution < -0.4 is 9.64 Å². The van der Waals surface area contributed by atoms with E-state index in [1.54, 1.807) is 24.3 Å². The lowest BCUT2D eigenvalue weighted by Gasteiger charge is -2.19. The molecule has 0 radical (unpaired) electrons. The molecule has 6 heteroatoms. The fourth-order valence-electron chi connectivity index (χ4n) is 2.49. The zero-order valence-corrected chi connectivity index (χ0v) is 11.6. The number of hydrogen-bond acceptors (Lipinski definition) is 2. The van der Waals surface area contributed by atoms with Crippen molar-refractivity contribution < 1.29 is 22.7 Å². The minimum atomic E-state index is -4.44. The molecule has 0 saturated carbocycles. The monoisotopic (exact) mass is 307 g/mol. The van der Waals surface area contributed by atoms with Crippen molar-refractivity contribution in [2.75, 3.05) is 12.0 Å². The number of alkyl halides is 3. The van der Waals surface area contributed by atoms with Crippen molar-refractivity contribution in [3.05, 3.63) is 53.6 Å². The Labute approximate surface area is 124 Å². The van der Waals surface area contributed by atoms with Crippen molar-refractivity contribution in [1.82, 2.24) is 0 Å². The van der Waals surface area contributed by atoms with E-state index in [0.29, 0.717) is 17.0 Å². The third-order valence-electron chi connectivity index (χ3n) is 3.58. The first kappa shape index (κ1) is 14.4. The minimum Gasteiger partial charge on any atom is -0.497 e. The summed E-state index contributed by atoms with van der Waals surface area (Å²) in [5, 5.41) is 0. The van der Waals surface area contributed by atoms with E-state index in [0.717, 1.165) is 12.1 Å². The van der Waals surface area contributed by atoms with E-state index < -0.39 is 11.7 Å². The normalized spacial score (nSPS) is 14.2. The molecule has 0 spiro atoms. The predicted octanol–water partition coefficient (Wildman–Crippen LogP) is 3.93. The molecule has 3 rings (SSSR count). The minimum absolute atomic E-state index is 0.0967. The van der Waals surface area contributed by atoms with Crippen LogP contribution in [0.25, 0.3) is 0 Å². The maximum atomic E-state index is 12.9. The van der Waals surface area contributed by atoms with Crippen molar-refractivity contribution in [2.45, 2.75) is 12.6 Å². The van der Waals surface area contributed by atoms with E-state index >= 15 is 0 Å². The van der Waals surface area contributed by atoms with Gasteiger partial charge in [-0.25, -0.2) is 0 Å². The van der Waals surface area contributed by atoms with Crippen LogP contribution in [0, 0.1) is 0 Å². The number of fused-ring (bicyclic) bond motifs is 1. The third-order valence-corrected chi connectivity index (χ3v) is 3.58. The van der Waals surface area contributed by atoms with Crippen LogP contribution in [0.3, 0.4) is 0 Å². The van der Waals surface area contributed by atoms with Crippen LogP contribution in [-0.4, -0.2) is 13.0 Å². The average Bonchev–Trinajstić information content (AvgIpc) is 2.81. The largest absolute Gasteiger partial charge is 0.497 e. The second kappa shape index (κ2) is 5.05. The summed E-state index contributed by atoms with van der Waals surface area (Å²) in [7, 11) is 1.51. The number of carbonyl (C=O) groups excluding carboxylic acids is 1. The summed E-state index contributed by atoms with van der Waals surface area (Å²) in [5.74, 6) is 0.360. The summed E-state index contributed by atoms with van der Waals surface area (Å²) in [4.78, 5) is 13.5. The van der Waals surface area contributed by atoms with Gasteiger partial charge in [-0.15, -0.1) is 0 Å². The first-order chi connectivity index (χ1) is 10.4. The highest BCUT2D eigenvalue weighted by Crippen LogP contribution is 2.40. The van der Waals surface area contributed by atoms with Gasteiger partial charge in [0.1, 0.15) is 5.75 Å². The van der Waals surface area contributed by atoms with E-state index in [2.05, 4.69) is 0 Å². The van der Waals surface area contributed by atoms with Crippen molar-refractivity contribution in [3.8, 4) is 5.75 Å². The van der Waals surface area contributed by atoms with E-state index in [9.17, 15) is 18.0 Å². The molecule has 2 aromatic rings. The zero-order chi connectivity index (χ0) is 15.9. The lowest BCUT2D eigenvalue weighted by molar-refractivity contribution is -0.137. The highest BCUT2D eigenvalue weighted by Gasteiger charge is 2.35. The van der Waals surface area contributed by atoms with Crippen LogP contribution in [0.4, 0.5) is 24.5 Å². The standard InChI is InChI=1S/C16H12F3NO2/c1-22-13-6-4-12(5-7-13)20-14-9-11(16(17,18)19)3-2-10(14)8-15(20)21/h2-7,9H,8H2,1H3. The molecule has 1 heterocycles. The van der Waals surface area contributed by atoms with Crippen LogP contribution in [0.5, 0.6) is 5.75 Å². The maximum absolute atomic E-state index is 12.9. The number of nitrogens with zero attached hydrogens (tertiary/aromatic N) is 1. The van der Waals surface area contributed by atoms with Gasteiger partial charge >= 0.3 is 6.18 Å². The van der Waals surface area contributed by atoms with Crippen molar-refractivity contribution in [1.29, 1.82) is 0 Å². The quantitative estimate of drug-likeness (QED) is 0.841. The molecule has 0 atom stereocenters. The predicted molar refractivity (Wildman–Crippen MR) is 75.3 cm³/mol. The molecule has 1 aliphatic rings. The number of hydrogen-bond donors (Lipinski definition) is 0. The SMILES string of the molecule is COc1ccc(N2C(=O)Cc3ccc(C(F)(F)F)cc32)cc1. The second-order valence-electron chi connectivity index (χ2n) is 4.95. The molecule has 0 bridgehead atoms. The highest BCUT2D eigenvalue weighted by atomic mass is 19.4. The van der Waals surface area contributed by atoms with Gasteiger partial charge in [-0.2, -0.15) is 13.2 Å². The van der Waals surface area contributed by atoms with Gasteiger partial charge in [0.25, 0.3) is 0 Å². The molecule has 1 amide bonds. The van der Waals surface area contributed by atoms with Crippen molar-refractivity contribution in [3.63, 3.8) is 0 Å². The van der Waals surface area contributed by atoms with Gasteiger partial charge in [-0.3, -0.25) is 9.69 Å². The maximum Gasteiger partial charge on any atom is 0.416 e. The Hall–Kier alpha value is -2.50. The molecular formula is C16H12F3NO2. The Kier molecular flexibility index (Phi) is 3.31. The first-order valence-electron chi connectivity index (χ1n) is 6.57. The molecule has 0 aliphatic carbocycles. The van der Waals surface area contributed by atoms with Crippen LogP contribution in [0.2, 0.25) is 0 Å². The van der Waals surface area contributed by atoms with Crippen LogP contribution in [0.1, 0.15) is 11.1 Å². The molecule has 0 N–H and O–H groups in total. The van der Waals surface area contributed by atoms with Crippen molar-refractivity contribution >= 4 is 17.3 Å². The van der Waals surface area contributed by atoms with E-state index in [1.165, 1.54) is 18.1 Å². The summed E-state index contributed by atoms with van der Waals surface area (Å²) in [6, 6.07) is 9.99. The van der Waals surface area contributed by atoms with Crippen LogP contribution in [0.15, 0.2) is 42.5 Å². The van der Waals surface area contributed by atoms with Gasteiger partial charge in [-0.1, -0.05) is 6.07 Å². The molecule has 2 aromatic carbocycles. The molecule has 3 nitrogen and oxygen atoms in total. The molecule has 0 aromatic heterocycles. The Morgan fingerprint density at radius 3 is 2.36 bits per heavy atom. The molecule has 0 saturated heterocycles. The van der Waals surface area contributed by atoms with Gasteiger partial charge < -0.3 is 4.74 Å². The van der Waals surface area contributed by atoms with E-state index in [4.69, 9.17) is 4.74 Å². The molecule has 0 fully saturated rings. The molecular weight excluding hydrogens is 295 g/mol. The number of carbonyl (C=O) groups is 1.